The standard InChI is InChI=1S/C53H92O12S/c1-3-5-7-9-11-13-15-17-19-20-21-22-23-24-25-26-27-28-29-30-32-34-36-38-40-42-49(55)63-47(45-61-43-41-39-37-35-33-31-18-16-14-12-10-8-6-4-2)46-62-53-51(57)52(65-66(58,59)60)50(56)48(44-54)64-53/h5,7,11,13-14,16-17,19,21-22,24-25,47-48,50-54,56-57H,3-4,6,8-10,12,15,18,20,23,26-46H2,1-2H3,(H,58,59,60)/b7-5-,13-11-,16-14-,19-17-,22-21-,25-24-. The van der Waals surface area contributed by atoms with Crippen LogP contribution in [0.3, 0.4) is 0 Å². The third kappa shape index (κ3) is 36.6. The predicted octanol–water partition coefficient (Wildman–Crippen LogP) is 11.9. The van der Waals surface area contributed by atoms with Gasteiger partial charge in [-0.3, -0.25) is 9.35 Å². The maximum atomic E-state index is 12.9. The first-order valence-electron chi connectivity index (χ1n) is 25.7. The highest BCUT2D eigenvalue weighted by Crippen LogP contribution is 2.26. The molecule has 1 fully saturated rings. The number of rotatable bonds is 44. The lowest BCUT2D eigenvalue weighted by atomic mass is 9.99. The van der Waals surface area contributed by atoms with Crippen LogP contribution in [-0.4, -0.2) is 97.5 Å². The van der Waals surface area contributed by atoms with E-state index in [0.29, 0.717) is 13.0 Å². The maximum Gasteiger partial charge on any atom is 0.397 e. The number of carbonyl (C=O) groups excluding carboxylic acids is 1. The van der Waals surface area contributed by atoms with Crippen LogP contribution >= 0.6 is 0 Å². The van der Waals surface area contributed by atoms with E-state index in [9.17, 15) is 33.1 Å². The van der Waals surface area contributed by atoms with Gasteiger partial charge in [0.2, 0.25) is 0 Å². The molecule has 6 atom stereocenters. The third-order valence-electron chi connectivity index (χ3n) is 11.3. The van der Waals surface area contributed by atoms with Crippen LogP contribution in [0, 0.1) is 0 Å². The molecule has 0 aromatic carbocycles. The summed E-state index contributed by atoms with van der Waals surface area (Å²) in [6.45, 7) is 3.84. The van der Waals surface area contributed by atoms with Crippen molar-refractivity contribution >= 4 is 16.4 Å². The molecule has 66 heavy (non-hydrogen) atoms. The lowest BCUT2D eigenvalue weighted by Gasteiger charge is -2.41. The highest BCUT2D eigenvalue weighted by molar-refractivity contribution is 7.80. The highest BCUT2D eigenvalue weighted by atomic mass is 32.3. The topological polar surface area (TPSA) is 178 Å². The minimum atomic E-state index is -5.07. The molecule has 6 unspecified atom stereocenters. The highest BCUT2D eigenvalue weighted by Gasteiger charge is 2.48. The second-order valence-electron chi connectivity index (χ2n) is 17.4. The summed E-state index contributed by atoms with van der Waals surface area (Å²) in [5.41, 5.74) is 0. The Labute approximate surface area is 401 Å². The van der Waals surface area contributed by atoms with Gasteiger partial charge >= 0.3 is 16.4 Å². The Kier molecular flexibility index (Phi) is 40.8. The molecule has 0 amide bonds. The van der Waals surface area contributed by atoms with Gasteiger partial charge in [0.25, 0.3) is 0 Å². The summed E-state index contributed by atoms with van der Waals surface area (Å²) >= 11 is 0. The molecule has 13 heteroatoms. The minimum Gasteiger partial charge on any atom is -0.457 e. The molecule has 1 heterocycles. The Morgan fingerprint density at radius 3 is 1.55 bits per heavy atom. The number of unbranched alkanes of at least 4 members (excludes halogenated alkanes) is 19. The largest absolute Gasteiger partial charge is 0.457 e. The Balaban J connectivity index is 2.34. The van der Waals surface area contributed by atoms with Crippen LogP contribution in [0.5, 0.6) is 0 Å². The number of aliphatic hydroxyl groups is 3. The molecule has 0 spiro atoms. The second-order valence-corrected chi connectivity index (χ2v) is 18.4. The molecule has 0 aromatic rings. The molecule has 1 aliphatic heterocycles. The van der Waals surface area contributed by atoms with Crippen molar-refractivity contribution in [2.24, 2.45) is 0 Å². The predicted molar refractivity (Wildman–Crippen MR) is 266 cm³/mol. The maximum absolute atomic E-state index is 12.9. The summed E-state index contributed by atoms with van der Waals surface area (Å²) in [5, 5.41) is 30.7. The zero-order valence-electron chi connectivity index (χ0n) is 41.0. The summed E-state index contributed by atoms with van der Waals surface area (Å²) in [7, 11) is -5.07. The second kappa shape index (κ2) is 43.8. The molecule has 0 bridgehead atoms. The third-order valence-corrected chi connectivity index (χ3v) is 11.8. The number of allylic oxidation sites excluding steroid dienone is 12. The zero-order chi connectivity index (χ0) is 48.2. The van der Waals surface area contributed by atoms with Crippen LogP contribution in [0.2, 0.25) is 0 Å². The van der Waals surface area contributed by atoms with Crippen LogP contribution < -0.4 is 0 Å². The monoisotopic (exact) mass is 953 g/mol. The van der Waals surface area contributed by atoms with E-state index < -0.39 is 59.8 Å². The van der Waals surface area contributed by atoms with Gasteiger partial charge in [0.05, 0.1) is 19.8 Å². The SMILES string of the molecule is CC/C=C\C/C=C\C/C=C\C/C=C\C/C=C\CCCCCCCCCCCC(=O)OC(COCCCCCCCC/C=C\CCCCCC)COC1OC(CO)C(O)C(OS(=O)(=O)O)C1O. The summed E-state index contributed by atoms with van der Waals surface area (Å²) in [5.74, 6) is -0.410. The molecule has 1 rings (SSSR count). The average molecular weight is 953 g/mol. The molecule has 1 saturated heterocycles. The van der Waals surface area contributed by atoms with Crippen LogP contribution in [-0.2, 0) is 38.3 Å². The quantitative estimate of drug-likeness (QED) is 0.0197. The van der Waals surface area contributed by atoms with Gasteiger partial charge in [0, 0.05) is 13.0 Å². The Bertz CT molecular complexity index is 1420. The smallest absolute Gasteiger partial charge is 0.397 e. The Morgan fingerprint density at radius 2 is 1.05 bits per heavy atom. The van der Waals surface area contributed by atoms with Crippen molar-refractivity contribution in [1.82, 2.24) is 0 Å². The van der Waals surface area contributed by atoms with Gasteiger partial charge in [-0.05, 0) is 83.5 Å². The first-order valence-corrected chi connectivity index (χ1v) is 27.1. The van der Waals surface area contributed by atoms with E-state index in [1.165, 1.54) is 83.5 Å². The van der Waals surface area contributed by atoms with E-state index in [1.54, 1.807) is 0 Å². The number of aliphatic hydroxyl groups excluding tert-OH is 3. The fourth-order valence-corrected chi connectivity index (χ4v) is 7.97. The number of esters is 1. The molecular weight excluding hydrogens is 861 g/mol. The van der Waals surface area contributed by atoms with Crippen molar-refractivity contribution in [1.29, 1.82) is 0 Å². The number of carbonyl (C=O) groups is 1. The van der Waals surface area contributed by atoms with E-state index in [4.69, 9.17) is 18.9 Å². The Hall–Kier alpha value is -2.46. The zero-order valence-corrected chi connectivity index (χ0v) is 41.8. The fraction of sp³-hybridized carbons (Fsp3) is 0.755. The van der Waals surface area contributed by atoms with Crippen molar-refractivity contribution < 1.29 is 56.2 Å². The van der Waals surface area contributed by atoms with E-state index in [2.05, 4.69) is 90.9 Å². The average Bonchev–Trinajstić information content (AvgIpc) is 3.29. The van der Waals surface area contributed by atoms with Crippen molar-refractivity contribution in [2.45, 2.75) is 230 Å². The summed E-state index contributed by atoms with van der Waals surface area (Å²) < 4.78 is 59.2. The van der Waals surface area contributed by atoms with Crippen molar-refractivity contribution in [3.8, 4) is 0 Å². The molecule has 382 valence electrons. The molecule has 0 aromatic heterocycles. The normalized spacial score (nSPS) is 20.1. The van der Waals surface area contributed by atoms with E-state index in [1.807, 2.05) is 0 Å². The Morgan fingerprint density at radius 1 is 0.591 bits per heavy atom. The van der Waals surface area contributed by atoms with Crippen LogP contribution in [0.25, 0.3) is 0 Å². The van der Waals surface area contributed by atoms with Gasteiger partial charge < -0.3 is 34.3 Å². The molecule has 4 N–H and O–H groups in total. The first kappa shape index (κ1) is 61.6. The number of hydrogen-bond acceptors (Lipinski definition) is 11. The summed E-state index contributed by atoms with van der Waals surface area (Å²) in [6.07, 6.45) is 47.9. The molecular formula is C53H92O12S. The van der Waals surface area contributed by atoms with Crippen LogP contribution in [0.15, 0.2) is 72.9 Å². The molecule has 12 nitrogen and oxygen atoms in total. The van der Waals surface area contributed by atoms with E-state index >= 15 is 0 Å². The van der Waals surface area contributed by atoms with E-state index in [-0.39, 0.29) is 19.6 Å². The van der Waals surface area contributed by atoms with Gasteiger partial charge in [0.1, 0.15) is 30.5 Å². The van der Waals surface area contributed by atoms with Crippen molar-refractivity contribution in [2.75, 3.05) is 26.4 Å². The number of ether oxygens (including phenoxy) is 4. The van der Waals surface area contributed by atoms with Gasteiger partial charge in [-0.2, -0.15) is 8.42 Å². The minimum absolute atomic E-state index is 0.0264. The van der Waals surface area contributed by atoms with Crippen LogP contribution in [0.1, 0.15) is 194 Å². The molecule has 0 saturated carbocycles. The van der Waals surface area contributed by atoms with Crippen molar-refractivity contribution in [3.63, 3.8) is 0 Å². The van der Waals surface area contributed by atoms with Crippen molar-refractivity contribution in [3.05, 3.63) is 72.9 Å². The molecule has 1 aliphatic rings. The lowest BCUT2D eigenvalue weighted by Crippen LogP contribution is -2.60. The van der Waals surface area contributed by atoms with Crippen LogP contribution in [0.4, 0.5) is 0 Å². The van der Waals surface area contributed by atoms with Gasteiger partial charge in [-0.15, -0.1) is 0 Å². The lowest BCUT2D eigenvalue weighted by molar-refractivity contribution is -0.301. The number of hydrogen-bond donors (Lipinski definition) is 4. The van der Waals surface area contributed by atoms with Gasteiger partial charge in [0.15, 0.2) is 6.29 Å². The summed E-state index contributed by atoms with van der Waals surface area (Å²) in [4.78, 5) is 12.9. The fourth-order valence-electron chi connectivity index (χ4n) is 7.46. The molecule has 0 radical (unpaired) electrons. The van der Waals surface area contributed by atoms with Gasteiger partial charge in [-0.25, -0.2) is 4.18 Å². The first-order chi connectivity index (χ1) is 32.1. The molecule has 0 aliphatic carbocycles. The van der Waals surface area contributed by atoms with Gasteiger partial charge in [-0.1, -0.05) is 177 Å². The van der Waals surface area contributed by atoms with E-state index in [0.717, 1.165) is 83.5 Å². The summed E-state index contributed by atoms with van der Waals surface area (Å²) in [6, 6.07) is 0.